The lowest BCUT2D eigenvalue weighted by molar-refractivity contribution is -0.111. The highest BCUT2D eigenvalue weighted by Gasteiger charge is 2.01. The van der Waals surface area contributed by atoms with Gasteiger partial charge in [-0.2, -0.15) is 0 Å². The van der Waals surface area contributed by atoms with Crippen LogP contribution in [0.3, 0.4) is 0 Å². The van der Waals surface area contributed by atoms with Crippen molar-refractivity contribution >= 4 is 40.9 Å². The second-order valence-corrected chi connectivity index (χ2v) is 5.63. The number of hydrogen-bond donors (Lipinski definition) is 1. The molecule has 2 rings (SSSR count). The van der Waals surface area contributed by atoms with Crippen LogP contribution in [0.5, 0.6) is 0 Å². The van der Waals surface area contributed by atoms with Gasteiger partial charge in [0.1, 0.15) is 0 Å². The van der Waals surface area contributed by atoms with Crippen molar-refractivity contribution in [2.24, 2.45) is 0 Å². The number of nitrogens with one attached hydrogen (secondary N) is 1. The van der Waals surface area contributed by atoms with Crippen LogP contribution in [0, 0.1) is 13.8 Å². The van der Waals surface area contributed by atoms with Gasteiger partial charge in [-0.25, -0.2) is 0 Å². The third-order valence-electron chi connectivity index (χ3n) is 3.15. The molecule has 2 nitrogen and oxygen atoms in total. The zero-order valence-electron chi connectivity index (χ0n) is 11.8. The van der Waals surface area contributed by atoms with Crippen molar-refractivity contribution in [2.45, 2.75) is 13.8 Å². The minimum Gasteiger partial charge on any atom is -0.323 e. The second kappa shape index (κ2) is 6.79. The minimum absolute atomic E-state index is 0.204. The van der Waals surface area contributed by atoms with Crippen molar-refractivity contribution in [3.8, 4) is 0 Å². The number of amides is 1. The molecule has 0 atom stereocenters. The van der Waals surface area contributed by atoms with Crippen LogP contribution in [0.25, 0.3) is 6.08 Å². The van der Waals surface area contributed by atoms with Crippen molar-refractivity contribution < 1.29 is 4.79 Å². The van der Waals surface area contributed by atoms with Gasteiger partial charge in [0, 0.05) is 21.8 Å². The maximum absolute atomic E-state index is 11.9. The molecule has 0 radical (unpaired) electrons. The fourth-order valence-electron chi connectivity index (χ4n) is 1.81. The van der Waals surface area contributed by atoms with Crippen molar-refractivity contribution in [1.29, 1.82) is 0 Å². The molecule has 0 unspecified atom stereocenters. The Bertz CT molecular complexity index is 708. The molecule has 1 amide bonds. The Labute approximate surface area is 134 Å². The molecule has 0 heterocycles. The molecule has 2 aromatic rings. The lowest BCUT2D eigenvalue weighted by atomic mass is 10.1. The first-order valence-corrected chi connectivity index (χ1v) is 7.22. The summed E-state index contributed by atoms with van der Waals surface area (Å²) >= 11 is 11.9. The van der Waals surface area contributed by atoms with Crippen molar-refractivity contribution in [3.05, 3.63) is 69.2 Å². The highest BCUT2D eigenvalue weighted by molar-refractivity contribution is 6.35. The van der Waals surface area contributed by atoms with Gasteiger partial charge in [-0.1, -0.05) is 35.3 Å². The Balaban J connectivity index is 2.07. The van der Waals surface area contributed by atoms with Crippen LogP contribution in [-0.4, -0.2) is 5.91 Å². The molecule has 0 aliphatic carbocycles. The average molecular weight is 320 g/mol. The van der Waals surface area contributed by atoms with E-state index in [1.54, 1.807) is 24.3 Å². The number of hydrogen-bond acceptors (Lipinski definition) is 1. The van der Waals surface area contributed by atoms with Crippen molar-refractivity contribution in [2.75, 3.05) is 5.32 Å². The van der Waals surface area contributed by atoms with Gasteiger partial charge in [-0.05, 0) is 60.9 Å². The monoisotopic (exact) mass is 319 g/mol. The number of rotatable bonds is 3. The molecule has 2 aromatic carbocycles. The van der Waals surface area contributed by atoms with Crippen molar-refractivity contribution in [1.82, 2.24) is 0 Å². The normalized spacial score (nSPS) is 10.9. The Hall–Kier alpha value is -1.77. The summed E-state index contributed by atoms with van der Waals surface area (Å²) in [5, 5.41) is 3.89. The van der Waals surface area contributed by atoms with Crippen molar-refractivity contribution in [3.63, 3.8) is 0 Å². The predicted molar refractivity (Wildman–Crippen MR) is 90.0 cm³/mol. The molecule has 21 heavy (non-hydrogen) atoms. The molecule has 0 aliphatic heterocycles. The van der Waals surface area contributed by atoms with E-state index in [1.807, 2.05) is 32.0 Å². The van der Waals surface area contributed by atoms with E-state index in [-0.39, 0.29) is 5.91 Å². The van der Waals surface area contributed by atoms with E-state index in [4.69, 9.17) is 23.2 Å². The van der Waals surface area contributed by atoms with Gasteiger partial charge in [-0.15, -0.1) is 0 Å². The number of anilines is 1. The number of benzene rings is 2. The van der Waals surface area contributed by atoms with Gasteiger partial charge in [0.2, 0.25) is 5.91 Å². The molecule has 0 saturated carbocycles. The van der Waals surface area contributed by atoms with Crippen LogP contribution in [-0.2, 0) is 4.79 Å². The smallest absolute Gasteiger partial charge is 0.248 e. The lowest BCUT2D eigenvalue weighted by Crippen LogP contribution is -2.07. The zero-order valence-corrected chi connectivity index (χ0v) is 13.3. The van der Waals surface area contributed by atoms with E-state index in [0.717, 1.165) is 16.8 Å². The quantitative estimate of drug-likeness (QED) is 0.768. The van der Waals surface area contributed by atoms with Gasteiger partial charge in [0.15, 0.2) is 0 Å². The summed E-state index contributed by atoms with van der Waals surface area (Å²) in [4.78, 5) is 11.9. The van der Waals surface area contributed by atoms with Gasteiger partial charge in [0.05, 0.1) is 0 Å². The number of carbonyl (C=O) groups is 1. The van der Waals surface area contributed by atoms with Gasteiger partial charge in [0.25, 0.3) is 0 Å². The van der Waals surface area contributed by atoms with Gasteiger partial charge < -0.3 is 5.32 Å². The topological polar surface area (TPSA) is 29.1 Å². The summed E-state index contributed by atoms with van der Waals surface area (Å²) < 4.78 is 0. The summed E-state index contributed by atoms with van der Waals surface area (Å²) in [6.45, 7) is 4.04. The first-order valence-electron chi connectivity index (χ1n) is 6.47. The van der Waals surface area contributed by atoms with E-state index in [1.165, 1.54) is 11.6 Å². The van der Waals surface area contributed by atoms with E-state index in [9.17, 15) is 4.79 Å². The molecule has 0 saturated heterocycles. The van der Waals surface area contributed by atoms with E-state index in [0.29, 0.717) is 10.0 Å². The average Bonchev–Trinajstić information content (AvgIpc) is 2.42. The third kappa shape index (κ3) is 4.35. The molecule has 0 aromatic heterocycles. The molecule has 108 valence electrons. The summed E-state index contributed by atoms with van der Waals surface area (Å²) in [5.74, 6) is -0.204. The minimum atomic E-state index is -0.204. The van der Waals surface area contributed by atoms with Crippen LogP contribution < -0.4 is 5.32 Å². The van der Waals surface area contributed by atoms with E-state index >= 15 is 0 Å². The fourth-order valence-corrected chi connectivity index (χ4v) is 2.28. The Morgan fingerprint density at radius 3 is 2.48 bits per heavy atom. The number of carbonyl (C=O) groups excluding carboxylic acids is 1. The van der Waals surface area contributed by atoms with Crippen LogP contribution in [0.2, 0.25) is 10.0 Å². The highest BCUT2D eigenvalue weighted by Crippen LogP contribution is 2.22. The SMILES string of the molecule is Cc1ccc(NC(=O)/C=C/c2ccc(Cl)cc2Cl)cc1C. The zero-order chi connectivity index (χ0) is 15.4. The van der Waals surface area contributed by atoms with E-state index < -0.39 is 0 Å². The van der Waals surface area contributed by atoms with Crippen LogP contribution in [0.15, 0.2) is 42.5 Å². The summed E-state index contributed by atoms with van der Waals surface area (Å²) in [6.07, 6.45) is 3.11. The first-order chi connectivity index (χ1) is 9.95. The fraction of sp³-hybridized carbons (Fsp3) is 0.118. The molecule has 0 aliphatic rings. The second-order valence-electron chi connectivity index (χ2n) is 4.79. The Kier molecular flexibility index (Phi) is 5.05. The maximum atomic E-state index is 11.9. The molecule has 1 N–H and O–H groups in total. The summed E-state index contributed by atoms with van der Waals surface area (Å²) in [7, 11) is 0. The first kappa shape index (κ1) is 15.6. The Morgan fingerprint density at radius 1 is 1.05 bits per heavy atom. The lowest BCUT2D eigenvalue weighted by Gasteiger charge is -2.05. The molecule has 4 heteroatoms. The third-order valence-corrected chi connectivity index (χ3v) is 3.71. The molecular formula is C17H15Cl2NO. The van der Waals surface area contributed by atoms with E-state index in [2.05, 4.69) is 5.32 Å². The molecule has 0 bridgehead atoms. The number of halogens is 2. The Morgan fingerprint density at radius 2 is 1.81 bits per heavy atom. The van der Waals surface area contributed by atoms with Gasteiger partial charge in [-0.3, -0.25) is 4.79 Å². The number of aryl methyl sites for hydroxylation is 2. The summed E-state index contributed by atoms with van der Waals surface area (Å²) in [5.41, 5.74) is 3.85. The largest absolute Gasteiger partial charge is 0.323 e. The van der Waals surface area contributed by atoms with Crippen LogP contribution >= 0.6 is 23.2 Å². The maximum Gasteiger partial charge on any atom is 0.248 e. The van der Waals surface area contributed by atoms with Gasteiger partial charge >= 0.3 is 0 Å². The summed E-state index contributed by atoms with van der Waals surface area (Å²) in [6, 6.07) is 10.9. The standard InChI is InChI=1S/C17H15Cl2NO/c1-11-3-7-15(9-12(11)2)20-17(21)8-5-13-4-6-14(18)10-16(13)19/h3-10H,1-2H3,(H,20,21)/b8-5+. The molecular weight excluding hydrogens is 305 g/mol. The highest BCUT2D eigenvalue weighted by atomic mass is 35.5. The van der Waals surface area contributed by atoms with Crippen LogP contribution in [0.4, 0.5) is 5.69 Å². The predicted octanol–water partition coefficient (Wildman–Crippen LogP) is 5.26. The van der Waals surface area contributed by atoms with Crippen LogP contribution in [0.1, 0.15) is 16.7 Å². The molecule has 0 spiro atoms. The molecule has 0 fully saturated rings.